The van der Waals surface area contributed by atoms with E-state index in [-0.39, 0.29) is 5.97 Å². The molecule has 0 aromatic carbocycles. The first-order chi connectivity index (χ1) is 15.2. The lowest BCUT2D eigenvalue weighted by atomic mass is 9.75. The lowest BCUT2D eigenvalue weighted by Gasteiger charge is -2.39. The Morgan fingerprint density at radius 3 is 2.41 bits per heavy atom. The molecule has 9 nitrogen and oxygen atoms in total. The minimum absolute atomic E-state index is 0.352. The van der Waals surface area contributed by atoms with Crippen LogP contribution in [0, 0.1) is 0 Å². The van der Waals surface area contributed by atoms with E-state index in [2.05, 4.69) is 15.2 Å². The number of methoxy groups -OCH3 is 1. The number of piperidine rings is 1. The smallest absolute Gasteiger partial charge is 0.410 e. The second-order valence-corrected chi connectivity index (χ2v) is 8.63. The number of nitrogens with zero attached hydrogens (tertiary/aromatic N) is 4. The molecule has 3 rings (SSSR count). The molecule has 32 heavy (non-hydrogen) atoms. The van der Waals surface area contributed by atoms with E-state index >= 15 is 0 Å². The standard InChI is InChI=1S/C23H30N4O5/c1-6-31-19-16(8-7-13-24-19)17-9-10-18(26-25-17)23(20(28)30-5)11-14-27(15-12-23)21(29)32-22(2,3)4/h7-10,13H,6,11-12,14-15H2,1-5H3. The first-order valence-corrected chi connectivity index (χ1v) is 10.7. The fourth-order valence-electron chi connectivity index (χ4n) is 3.73. The van der Waals surface area contributed by atoms with Crippen LogP contribution >= 0.6 is 0 Å². The van der Waals surface area contributed by atoms with Crippen molar-refractivity contribution >= 4 is 12.1 Å². The molecule has 1 amide bonds. The molecule has 0 bridgehead atoms. The molecule has 9 heteroatoms. The van der Waals surface area contributed by atoms with Crippen LogP contribution in [0.5, 0.6) is 5.88 Å². The van der Waals surface area contributed by atoms with Crippen molar-refractivity contribution in [3.05, 3.63) is 36.2 Å². The van der Waals surface area contributed by atoms with Crippen molar-refractivity contribution in [1.82, 2.24) is 20.1 Å². The number of pyridine rings is 1. The summed E-state index contributed by atoms with van der Waals surface area (Å²) >= 11 is 0. The highest BCUT2D eigenvalue weighted by Gasteiger charge is 2.47. The van der Waals surface area contributed by atoms with Crippen LogP contribution in [0.1, 0.15) is 46.2 Å². The SMILES string of the molecule is CCOc1ncccc1-c1ccc(C2(C(=O)OC)CCN(C(=O)OC(C)(C)C)CC2)nn1. The Morgan fingerprint density at radius 2 is 1.84 bits per heavy atom. The third-order valence-electron chi connectivity index (χ3n) is 5.33. The lowest BCUT2D eigenvalue weighted by Crippen LogP contribution is -2.50. The first-order valence-electron chi connectivity index (χ1n) is 10.7. The van der Waals surface area contributed by atoms with Crippen LogP contribution in [0.15, 0.2) is 30.5 Å². The summed E-state index contributed by atoms with van der Waals surface area (Å²) in [5.74, 6) is 0.0881. The van der Waals surface area contributed by atoms with Crippen molar-refractivity contribution in [1.29, 1.82) is 0 Å². The van der Waals surface area contributed by atoms with Gasteiger partial charge in [-0.2, -0.15) is 10.2 Å². The molecule has 0 aliphatic carbocycles. The van der Waals surface area contributed by atoms with Crippen LogP contribution in [0.25, 0.3) is 11.3 Å². The molecule has 1 fully saturated rings. The molecule has 0 atom stereocenters. The Kier molecular flexibility index (Phi) is 6.96. The monoisotopic (exact) mass is 442 g/mol. The van der Waals surface area contributed by atoms with Gasteiger partial charge in [0.25, 0.3) is 0 Å². The van der Waals surface area contributed by atoms with Gasteiger partial charge in [0.05, 0.1) is 30.7 Å². The maximum atomic E-state index is 12.8. The van der Waals surface area contributed by atoms with Gasteiger partial charge in [-0.05, 0) is 64.8 Å². The number of esters is 1. The minimum Gasteiger partial charge on any atom is -0.477 e. The van der Waals surface area contributed by atoms with E-state index in [0.717, 1.165) is 5.56 Å². The largest absolute Gasteiger partial charge is 0.477 e. The molecule has 0 radical (unpaired) electrons. The average Bonchev–Trinajstić information content (AvgIpc) is 2.78. The van der Waals surface area contributed by atoms with Gasteiger partial charge in [-0.3, -0.25) is 4.79 Å². The second kappa shape index (κ2) is 9.50. The van der Waals surface area contributed by atoms with E-state index < -0.39 is 17.1 Å². The van der Waals surface area contributed by atoms with Gasteiger partial charge in [0.15, 0.2) is 0 Å². The van der Waals surface area contributed by atoms with Gasteiger partial charge < -0.3 is 19.1 Å². The van der Waals surface area contributed by atoms with Gasteiger partial charge in [0.2, 0.25) is 5.88 Å². The Hall–Kier alpha value is -3.23. The van der Waals surface area contributed by atoms with Gasteiger partial charge in [-0.25, -0.2) is 9.78 Å². The molecule has 2 aromatic rings. The van der Waals surface area contributed by atoms with Crippen LogP contribution in [0.4, 0.5) is 4.79 Å². The van der Waals surface area contributed by atoms with Crippen molar-refractivity contribution in [2.75, 3.05) is 26.8 Å². The molecule has 0 saturated carbocycles. The molecular formula is C23H30N4O5. The molecule has 0 N–H and O–H groups in total. The van der Waals surface area contributed by atoms with E-state index in [4.69, 9.17) is 14.2 Å². The Morgan fingerprint density at radius 1 is 1.12 bits per heavy atom. The van der Waals surface area contributed by atoms with E-state index in [1.165, 1.54) is 7.11 Å². The molecule has 1 saturated heterocycles. The molecule has 0 spiro atoms. The molecule has 3 heterocycles. The third kappa shape index (κ3) is 4.98. The molecule has 1 aliphatic heterocycles. The van der Waals surface area contributed by atoms with Crippen LogP contribution in [0.3, 0.4) is 0 Å². The number of hydrogen-bond donors (Lipinski definition) is 0. The third-order valence-corrected chi connectivity index (χ3v) is 5.33. The summed E-state index contributed by atoms with van der Waals surface area (Å²) in [6.45, 7) is 8.54. The number of hydrogen-bond acceptors (Lipinski definition) is 8. The van der Waals surface area contributed by atoms with E-state index in [1.54, 1.807) is 29.3 Å². The van der Waals surface area contributed by atoms with Crippen molar-refractivity contribution in [3.63, 3.8) is 0 Å². The molecule has 172 valence electrons. The maximum Gasteiger partial charge on any atom is 0.410 e. The Bertz CT molecular complexity index is 948. The van der Waals surface area contributed by atoms with Crippen LogP contribution in [-0.2, 0) is 19.7 Å². The number of rotatable bonds is 5. The predicted molar refractivity (Wildman–Crippen MR) is 117 cm³/mol. The molecular weight excluding hydrogens is 412 g/mol. The molecule has 1 aliphatic rings. The molecule has 2 aromatic heterocycles. The second-order valence-electron chi connectivity index (χ2n) is 8.63. The van der Waals surface area contributed by atoms with Crippen molar-refractivity contribution in [2.24, 2.45) is 0 Å². The van der Waals surface area contributed by atoms with E-state index in [1.807, 2.05) is 33.8 Å². The summed E-state index contributed by atoms with van der Waals surface area (Å²) in [6, 6.07) is 7.24. The van der Waals surface area contributed by atoms with E-state index in [0.29, 0.717) is 49.8 Å². The van der Waals surface area contributed by atoms with Crippen molar-refractivity contribution in [2.45, 2.75) is 51.6 Å². The summed E-state index contributed by atoms with van der Waals surface area (Å²) in [5.41, 5.74) is 0.272. The number of amides is 1. The minimum atomic E-state index is -0.976. The summed E-state index contributed by atoms with van der Waals surface area (Å²) in [7, 11) is 1.36. The van der Waals surface area contributed by atoms with Gasteiger partial charge in [-0.15, -0.1) is 0 Å². The van der Waals surface area contributed by atoms with Gasteiger partial charge in [0, 0.05) is 19.3 Å². The first kappa shape index (κ1) is 23.4. The van der Waals surface area contributed by atoms with E-state index in [9.17, 15) is 9.59 Å². The average molecular weight is 443 g/mol. The summed E-state index contributed by atoms with van der Waals surface area (Å²) in [4.78, 5) is 31.1. The van der Waals surface area contributed by atoms with Crippen molar-refractivity contribution in [3.8, 4) is 17.1 Å². The van der Waals surface area contributed by atoms with Crippen LogP contribution in [0.2, 0.25) is 0 Å². The topological polar surface area (TPSA) is 104 Å². The number of carbonyl (C=O) groups is 2. The maximum absolute atomic E-state index is 12.8. The van der Waals surface area contributed by atoms with Crippen LogP contribution in [-0.4, -0.2) is 64.6 Å². The Balaban J connectivity index is 1.84. The number of carbonyl (C=O) groups excluding carboxylic acids is 2. The quantitative estimate of drug-likeness (QED) is 0.649. The summed E-state index contributed by atoms with van der Waals surface area (Å²) < 4.78 is 16.2. The fraction of sp³-hybridized carbons (Fsp3) is 0.522. The van der Waals surface area contributed by atoms with Gasteiger partial charge in [0.1, 0.15) is 11.0 Å². The van der Waals surface area contributed by atoms with Gasteiger partial charge in [-0.1, -0.05) is 0 Å². The van der Waals surface area contributed by atoms with Crippen molar-refractivity contribution < 1.29 is 23.8 Å². The Labute approximate surface area is 188 Å². The zero-order chi connectivity index (χ0) is 23.4. The highest BCUT2D eigenvalue weighted by Crippen LogP contribution is 2.37. The number of aromatic nitrogens is 3. The number of ether oxygens (including phenoxy) is 3. The zero-order valence-corrected chi connectivity index (χ0v) is 19.3. The highest BCUT2D eigenvalue weighted by molar-refractivity contribution is 5.83. The predicted octanol–water partition coefficient (Wildman–Crippen LogP) is 3.38. The van der Waals surface area contributed by atoms with Gasteiger partial charge >= 0.3 is 12.1 Å². The molecule has 0 unspecified atom stereocenters. The fourth-order valence-corrected chi connectivity index (χ4v) is 3.73. The zero-order valence-electron chi connectivity index (χ0n) is 19.3. The number of likely N-dealkylation sites (tertiary alicyclic amines) is 1. The highest BCUT2D eigenvalue weighted by atomic mass is 16.6. The summed E-state index contributed by atoms with van der Waals surface area (Å²) in [5, 5.41) is 8.73. The summed E-state index contributed by atoms with van der Waals surface area (Å²) in [6.07, 6.45) is 1.99. The van der Waals surface area contributed by atoms with Crippen LogP contribution < -0.4 is 4.74 Å². The normalized spacial score (nSPS) is 15.7. The lowest BCUT2D eigenvalue weighted by molar-refractivity contribution is -0.150.